The van der Waals surface area contributed by atoms with Crippen LogP contribution in [-0.4, -0.2) is 67.3 Å². The number of aromatic nitrogens is 1. The van der Waals surface area contributed by atoms with Crippen LogP contribution >= 0.6 is 0 Å². The summed E-state index contributed by atoms with van der Waals surface area (Å²) in [6.45, 7) is 3.41. The number of methoxy groups -OCH3 is 1. The van der Waals surface area contributed by atoms with E-state index in [1.807, 2.05) is 4.90 Å². The summed E-state index contributed by atoms with van der Waals surface area (Å²) >= 11 is 0. The van der Waals surface area contributed by atoms with E-state index in [2.05, 4.69) is 10.3 Å². The van der Waals surface area contributed by atoms with Crippen LogP contribution in [0.25, 0.3) is 0 Å². The normalized spacial score (nSPS) is 14.8. The van der Waals surface area contributed by atoms with E-state index in [0.29, 0.717) is 45.1 Å². The van der Waals surface area contributed by atoms with Crippen LogP contribution in [0.4, 0.5) is 16.3 Å². The second-order valence-corrected chi connectivity index (χ2v) is 4.83. The molecule has 0 aliphatic carbocycles. The maximum Gasteiger partial charge on any atom is 0.317 e. The first-order valence-corrected chi connectivity index (χ1v) is 6.99. The first kappa shape index (κ1) is 16.0. The van der Waals surface area contributed by atoms with Crippen LogP contribution in [-0.2, 0) is 4.74 Å². The zero-order chi connectivity index (χ0) is 15.9. The highest BCUT2D eigenvalue weighted by Crippen LogP contribution is 2.17. The molecular weight excluding hydrogens is 290 g/mol. The summed E-state index contributed by atoms with van der Waals surface area (Å²) in [5, 5.41) is 13.4. The summed E-state index contributed by atoms with van der Waals surface area (Å²) in [5.41, 5.74) is -0.0279. The van der Waals surface area contributed by atoms with Gasteiger partial charge in [-0.3, -0.25) is 10.1 Å². The minimum atomic E-state index is -0.473. The van der Waals surface area contributed by atoms with E-state index in [1.165, 1.54) is 12.3 Å². The van der Waals surface area contributed by atoms with Crippen LogP contribution in [0.5, 0.6) is 0 Å². The van der Waals surface area contributed by atoms with Crippen molar-refractivity contribution in [1.29, 1.82) is 0 Å². The minimum absolute atomic E-state index is 0.0279. The van der Waals surface area contributed by atoms with Gasteiger partial charge >= 0.3 is 6.03 Å². The Morgan fingerprint density at radius 1 is 1.41 bits per heavy atom. The average Bonchev–Trinajstić information content (AvgIpc) is 2.55. The van der Waals surface area contributed by atoms with Crippen LogP contribution in [0.1, 0.15) is 0 Å². The van der Waals surface area contributed by atoms with Crippen molar-refractivity contribution in [3.8, 4) is 0 Å². The van der Waals surface area contributed by atoms with Crippen molar-refractivity contribution < 1.29 is 14.5 Å². The molecular formula is C13H19N5O4. The Labute approximate surface area is 128 Å². The lowest BCUT2D eigenvalue weighted by molar-refractivity contribution is -0.385. The third-order valence-corrected chi connectivity index (χ3v) is 3.42. The Kier molecular flexibility index (Phi) is 5.48. The van der Waals surface area contributed by atoms with Gasteiger partial charge in [-0.1, -0.05) is 0 Å². The SMILES string of the molecule is COCCNC(=O)N1CCN(c2ccc([N+](=O)[O-])cn2)CC1. The number of ether oxygens (including phenoxy) is 1. The molecule has 0 unspecified atom stereocenters. The number of carbonyl (C=O) groups is 1. The highest BCUT2D eigenvalue weighted by atomic mass is 16.6. The summed E-state index contributed by atoms with van der Waals surface area (Å²) in [6.07, 6.45) is 1.25. The predicted octanol–water partition coefficient (Wildman–Crippen LogP) is 0.468. The molecule has 1 aliphatic rings. The number of nitrogens with one attached hydrogen (secondary N) is 1. The van der Waals surface area contributed by atoms with Gasteiger partial charge in [-0.2, -0.15) is 0 Å². The van der Waals surface area contributed by atoms with Gasteiger partial charge in [0, 0.05) is 45.9 Å². The lowest BCUT2D eigenvalue weighted by atomic mass is 10.3. The molecule has 0 bridgehead atoms. The molecule has 22 heavy (non-hydrogen) atoms. The number of hydrogen-bond acceptors (Lipinski definition) is 6. The van der Waals surface area contributed by atoms with E-state index in [9.17, 15) is 14.9 Å². The van der Waals surface area contributed by atoms with Crippen LogP contribution in [0, 0.1) is 10.1 Å². The average molecular weight is 309 g/mol. The van der Waals surface area contributed by atoms with E-state index in [0.717, 1.165) is 0 Å². The van der Waals surface area contributed by atoms with Crippen LogP contribution in [0.3, 0.4) is 0 Å². The number of nitro groups is 1. The van der Waals surface area contributed by atoms with Crippen LogP contribution in [0.15, 0.2) is 18.3 Å². The molecule has 1 aromatic heterocycles. The van der Waals surface area contributed by atoms with Crippen LogP contribution in [0.2, 0.25) is 0 Å². The van der Waals surface area contributed by atoms with Crippen molar-refractivity contribution in [2.45, 2.75) is 0 Å². The predicted molar refractivity (Wildman–Crippen MR) is 80.0 cm³/mol. The monoisotopic (exact) mass is 309 g/mol. The summed E-state index contributed by atoms with van der Waals surface area (Å²) in [4.78, 5) is 29.9. The fraction of sp³-hybridized carbons (Fsp3) is 0.538. The highest BCUT2D eigenvalue weighted by Gasteiger charge is 2.21. The Balaban J connectivity index is 1.83. The molecule has 1 fully saturated rings. The van der Waals surface area contributed by atoms with E-state index >= 15 is 0 Å². The first-order valence-electron chi connectivity index (χ1n) is 6.99. The number of hydrogen-bond donors (Lipinski definition) is 1. The minimum Gasteiger partial charge on any atom is -0.383 e. The van der Waals surface area contributed by atoms with Crippen molar-refractivity contribution in [2.75, 3.05) is 51.3 Å². The smallest absolute Gasteiger partial charge is 0.317 e. The lowest BCUT2D eigenvalue weighted by Crippen LogP contribution is -2.52. The number of amides is 2. The Morgan fingerprint density at radius 2 is 2.14 bits per heavy atom. The number of nitrogens with zero attached hydrogens (tertiary/aromatic N) is 4. The molecule has 1 aromatic rings. The van der Waals surface area contributed by atoms with Gasteiger partial charge < -0.3 is 19.9 Å². The van der Waals surface area contributed by atoms with Crippen molar-refractivity contribution in [1.82, 2.24) is 15.2 Å². The molecule has 0 atom stereocenters. The van der Waals surface area contributed by atoms with E-state index < -0.39 is 4.92 Å². The standard InChI is InChI=1S/C13H19N5O4/c1-22-9-4-14-13(19)17-7-5-16(6-8-17)12-3-2-11(10-15-12)18(20)21/h2-3,10H,4-9H2,1H3,(H,14,19). The summed E-state index contributed by atoms with van der Waals surface area (Å²) in [7, 11) is 1.59. The van der Waals surface area contributed by atoms with Crippen molar-refractivity contribution >= 4 is 17.5 Å². The molecule has 120 valence electrons. The number of piperazine rings is 1. The molecule has 2 heterocycles. The Morgan fingerprint density at radius 3 is 2.68 bits per heavy atom. The third-order valence-electron chi connectivity index (χ3n) is 3.42. The molecule has 1 N–H and O–H groups in total. The van der Waals surface area contributed by atoms with Gasteiger partial charge in [-0.05, 0) is 6.07 Å². The van der Waals surface area contributed by atoms with Crippen molar-refractivity contribution in [2.24, 2.45) is 0 Å². The molecule has 0 spiro atoms. The van der Waals surface area contributed by atoms with Gasteiger partial charge in [-0.15, -0.1) is 0 Å². The van der Waals surface area contributed by atoms with Gasteiger partial charge in [0.1, 0.15) is 12.0 Å². The number of anilines is 1. The molecule has 9 nitrogen and oxygen atoms in total. The quantitative estimate of drug-likeness (QED) is 0.482. The number of pyridine rings is 1. The molecule has 0 aromatic carbocycles. The summed E-state index contributed by atoms with van der Waals surface area (Å²) in [5.74, 6) is 0.685. The molecule has 1 aliphatic heterocycles. The number of carbonyl (C=O) groups excluding carboxylic acids is 1. The zero-order valence-corrected chi connectivity index (χ0v) is 12.4. The topological polar surface area (TPSA) is 101 Å². The van der Waals surface area contributed by atoms with Crippen molar-refractivity contribution in [3.63, 3.8) is 0 Å². The van der Waals surface area contributed by atoms with Crippen molar-refractivity contribution in [3.05, 3.63) is 28.4 Å². The van der Waals surface area contributed by atoms with E-state index in [4.69, 9.17) is 4.74 Å². The number of urea groups is 1. The van der Waals surface area contributed by atoms with E-state index in [-0.39, 0.29) is 11.7 Å². The van der Waals surface area contributed by atoms with Gasteiger partial charge in [-0.25, -0.2) is 9.78 Å². The summed E-state index contributed by atoms with van der Waals surface area (Å²) < 4.78 is 4.88. The molecule has 0 radical (unpaired) electrons. The zero-order valence-electron chi connectivity index (χ0n) is 12.4. The molecule has 2 amide bonds. The molecule has 9 heteroatoms. The number of rotatable bonds is 5. The highest BCUT2D eigenvalue weighted by molar-refractivity contribution is 5.74. The van der Waals surface area contributed by atoms with Gasteiger partial charge in [0.15, 0.2) is 0 Å². The third kappa shape index (κ3) is 4.04. The Hall–Kier alpha value is -2.42. The lowest BCUT2D eigenvalue weighted by Gasteiger charge is -2.35. The largest absolute Gasteiger partial charge is 0.383 e. The van der Waals surface area contributed by atoms with Gasteiger partial charge in [0.25, 0.3) is 5.69 Å². The van der Waals surface area contributed by atoms with Crippen LogP contribution < -0.4 is 10.2 Å². The Bertz CT molecular complexity index is 514. The molecule has 2 rings (SSSR count). The van der Waals surface area contributed by atoms with Gasteiger partial charge in [0.05, 0.1) is 11.5 Å². The fourth-order valence-electron chi connectivity index (χ4n) is 2.18. The maximum absolute atomic E-state index is 11.9. The fourth-order valence-corrected chi connectivity index (χ4v) is 2.18. The van der Waals surface area contributed by atoms with E-state index in [1.54, 1.807) is 18.1 Å². The second kappa shape index (κ2) is 7.55. The second-order valence-electron chi connectivity index (χ2n) is 4.83. The van der Waals surface area contributed by atoms with Gasteiger partial charge in [0.2, 0.25) is 0 Å². The molecule has 0 saturated carbocycles. The summed E-state index contributed by atoms with van der Waals surface area (Å²) in [6, 6.07) is 2.96. The molecule has 1 saturated heterocycles. The first-order chi connectivity index (χ1) is 10.6. The maximum atomic E-state index is 11.9.